The summed E-state index contributed by atoms with van der Waals surface area (Å²) < 4.78 is 2.07. The molecule has 1 saturated heterocycles. The van der Waals surface area contributed by atoms with Crippen LogP contribution in [0.4, 0.5) is 0 Å². The van der Waals surface area contributed by atoms with Gasteiger partial charge < -0.3 is 10.0 Å². The fourth-order valence-corrected chi connectivity index (χ4v) is 4.14. The molecule has 27 heavy (non-hydrogen) atoms. The van der Waals surface area contributed by atoms with E-state index >= 15 is 0 Å². The average molecular weight is 361 g/mol. The van der Waals surface area contributed by atoms with Gasteiger partial charge in [0, 0.05) is 5.56 Å². The quantitative estimate of drug-likeness (QED) is 0.779. The standard InChI is InChI=1S/C22H23N3O2/c1-14-3-4-15(2)20(9-14)25-13-23-18-10-16(5-8-19(18)25)21(26)24-11-22(27,12-24)17-6-7-17/h3-5,8-10,13,17,27H,6-7,11-12H2,1-2H3. The maximum absolute atomic E-state index is 12.8. The molecule has 1 aliphatic heterocycles. The molecule has 5 rings (SSSR count). The van der Waals surface area contributed by atoms with Crippen molar-refractivity contribution >= 4 is 16.9 Å². The first-order valence-electron chi connectivity index (χ1n) is 9.51. The lowest BCUT2D eigenvalue weighted by Gasteiger charge is -2.47. The van der Waals surface area contributed by atoms with E-state index in [4.69, 9.17) is 0 Å². The second-order valence-corrected chi connectivity index (χ2v) is 8.15. The Balaban J connectivity index is 1.44. The van der Waals surface area contributed by atoms with Crippen molar-refractivity contribution in [1.82, 2.24) is 14.5 Å². The number of aromatic nitrogens is 2. The Morgan fingerprint density at radius 3 is 2.67 bits per heavy atom. The zero-order chi connectivity index (χ0) is 18.8. The van der Waals surface area contributed by atoms with Crippen LogP contribution in [-0.4, -0.2) is 44.2 Å². The summed E-state index contributed by atoms with van der Waals surface area (Å²) in [4.78, 5) is 19.0. The molecule has 0 radical (unpaired) electrons. The summed E-state index contributed by atoms with van der Waals surface area (Å²) in [6.45, 7) is 5.06. The Morgan fingerprint density at radius 1 is 1.15 bits per heavy atom. The van der Waals surface area contributed by atoms with E-state index in [2.05, 4.69) is 41.6 Å². The van der Waals surface area contributed by atoms with Crippen molar-refractivity contribution in [3.8, 4) is 5.69 Å². The number of fused-ring (bicyclic) bond motifs is 1. The minimum atomic E-state index is -0.649. The minimum absolute atomic E-state index is 0.0245. The van der Waals surface area contributed by atoms with Crippen LogP contribution in [0.1, 0.15) is 34.3 Å². The number of β-amino-alcohol motifs (C(OH)–C–C–N with tert-alkyl or cyclic N) is 1. The number of carbonyl (C=O) groups is 1. The molecule has 2 aliphatic rings. The molecule has 1 saturated carbocycles. The van der Waals surface area contributed by atoms with E-state index in [1.54, 1.807) is 4.90 Å². The van der Waals surface area contributed by atoms with E-state index in [1.807, 2.05) is 24.5 Å². The lowest BCUT2D eigenvalue weighted by molar-refractivity contribution is -0.0958. The second-order valence-electron chi connectivity index (χ2n) is 8.15. The average Bonchev–Trinajstić information content (AvgIpc) is 3.40. The molecule has 0 atom stereocenters. The Morgan fingerprint density at radius 2 is 1.93 bits per heavy atom. The molecule has 0 spiro atoms. The highest BCUT2D eigenvalue weighted by Crippen LogP contribution is 2.44. The van der Waals surface area contributed by atoms with Gasteiger partial charge in [-0.05, 0) is 68.0 Å². The molecule has 0 bridgehead atoms. The summed E-state index contributed by atoms with van der Waals surface area (Å²) in [6, 6.07) is 12.0. The number of rotatable bonds is 3. The molecule has 1 N–H and O–H groups in total. The van der Waals surface area contributed by atoms with Crippen molar-refractivity contribution in [3.63, 3.8) is 0 Å². The molecule has 0 unspecified atom stereocenters. The third kappa shape index (κ3) is 2.65. The number of imidazole rings is 1. The van der Waals surface area contributed by atoms with Gasteiger partial charge in [-0.2, -0.15) is 0 Å². The Labute approximate surface area is 158 Å². The summed E-state index contributed by atoms with van der Waals surface area (Å²) >= 11 is 0. The van der Waals surface area contributed by atoms with Crippen LogP contribution in [0.3, 0.4) is 0 Å². The van der Waals surface area contributed by atoms with Crippen LogP contribution >= 0.6 is 0 Å². The number of nitrogens with zero attached hydrogens (tertiary/aromatic N) is 3. The zero-order valence-corrected chi connectivity index (χ0v) is 15.6. The summed E-state index contributed by atoms with van der Waals surface area (Å²) in [6.07, 6.45) is 3.98. The molecule has 5 nitrogen and oxygen atoms in total. The van der Waals surface area contributed by atoms with Gasteiger partial charge in [-0.15, -0.1) is 0 Å². The van der Waals surface area contributed by atoms with Gasteiger partial charge in [0.1, 0.15) is 11.9 Å². The van der Waals surface area contributed by atoms with Gasteiger partial charge in [0.05, 0.1) is 29.8 Å². The summed E-state index contributed by atoms with van der Waals surface area (Å²) in [7, 11) is 0. The Hall–Kier alpha value is -2.66. The van der Waals surface area contributed by atoms with Crippen molar-refractivity contribution < 1.29 is 9.90 Å². The maximum Gasteiger partial charge on any atom is 0.254 e. The molecule has 1 amide bonds. The van der Waals surface area contributed by atoms with Crippen LogP contribution in [0.2, 0.25) is 0 Å². The topological polar surface area (TPSA) is 58.4 Å². The van der Waals surface area contributed by atoms with E-state index in [9.17, 15) is 9.90 Å². The smallest absolute Gasteiger partial charge is 0.254 e. The van der Waals surface area contributed by atoms with Crippen LogP contribution in [0.5, 0.6) is 0 Å². The number of likely N-dealkylation sites (tertiary alicyclic amines) is 1. The van der Waals surface area contributed by atoms with Gasteiger partial charge in [-0.25, -0.2) is 4.98 Å². The summed E-state index contributed by atoms with van der Waals surface area (Å²) in [5.41, 5.74) is 5.26. The van der Waals surface area contributed by atoms with Crippen LogP contribution < -0.4 is 0 Å². The third-order valence-corrected chi connectivity index (χ3v) is 5.97. The maximum atomic E-state index is 12.8. The first-order valence-corrected chi connectivity index (χ1v) is 9.51. The number of aryl methyl sites for hydroxylation is 2. The summed E-state index contributed by atoms with van der Waals surface area (Å²) in [5, 5.41) is 10.5. The first-order chi connectivity index (χ1) is 12.9. The van der Waals surface area contributed by atoms with Crippen molar-refractivity contribution in [1.29, 1.82) is 0 Å². The summed E-state index contributed by atoms with van der Waals surface area (Å²) in [5.74, 6) is 0.362. The number of hydrogen-bond acceptors (Lipinski definition) is 3. The molecule has 138 valence electrons. The molecule has 1 aromatic heterocycles. The predicted octanol–water partition coefficient (Wildman–Crippen LogP) is 3.24. The SMILES string of the molecule is Cc1ccc(C)c(-n2cnc3cc(C(=O)N4CC(O)(C5CC5)C4)ccc32)c1. The van der Waals surface area contributed by atoms with E-state index in [0.717, 1.165) is 29.6 Å². The van der Waals surface area contributed by atoms with Gasteiger partial charge in [0.15, 0.2) is 0 Å². The fraction of sp³-hybridized carbons (Fsp3) is 0.364. The number of amides is 1. The minimum Gasteiger partial charge on any atom is -0.386 e. The zero-order valence-electron chi connectivity index (χ0n) is 15.6. The second kappa shape index (κ2) is 5.67. The van der Waals surface area contributed by atoms with Gasteiger partial charge in [-0.1, -0.05) is 12.1 Å². The highest BCUT2D eigenvalue weighted by atomic mass is 16.3. The number of benzene rings is 2. The van der Waals surface area contributed by atoms with Crippen molar-refractivity contribution in [2.75, 3.05) is 13.1 Å². The molecule has 2 fully saturated rings. The number of aliphatic hydroxyl groups is 1. The van der Waals surface area contributed by atoms with Crippen molar-refractivity contribution in [2.24, 2.45) is 5.92 Å². The molecule has 3 aromatic rings. The van der Waals surface area contributed by atoms with Crippen LogP contribution in [0.25, 0.3) is 16.7 Å². The van der Waals surface area contributed by atoms with Crippen LogP contribution in [0.15, 0.2) is 42.7 Å². The van der Waals surface area contributed by atoms with E-state index < -0.39 is 5.60 Å². The third-order valence-electron chi connectivity index (χ3n) is 5.97. The van der Waals surface area contributed by atoms with Crippen LogP contribution in [0, 0.1) is 19.8 Å². The largest absolute Gasteiger partial charge is 0.386 e. The highest BCUT2D eigenvalue weighted by molar-refractivity contribution is 5.98. The Bertz CT molecular complexity index is 1060. The van der Waals surface area contributed by atoms with E-state index in [1.165, 1.54) is 11.1 Å². The molecule has 2 aromatic carbocycles. The molecule has 5 heteroatoms. The lowest BCUT2D eigenvalue weighted by atomic mass is 9.88. The van der Waals surface area contributed by atoms with Gasteiger partial charge in [0.25, 0.3) is 5.91 Å². The van der Waals surface area contributed by atoms with Gasteiger partial charge in [0.2, 0.25) is 0 Å². The monoisotopic (exact) mass is 361 g/mol. The van der Waals surface area contributed by atoms with Crippen molar-refractivity contribution in [2.45, 2.75) is 32.3 Å². The first kappa shape index (κ1) is 16.5. The van der Waals surface area contributed by atoms with Crippen LogP contribution in [-0.2, 0) is 0 Å². The fourth-order valence-electron chi connectivity index (χ4n) is 4.14. The van der Waals surface area contributed by atoms with Gasteiger partial charge >= 0.3 is 0 Å². The highest BCUT2D eigenvalue weighted by Gasteiger charge is 2.53. The molecule has 2 heterocycles. The molecular formula is C22H23N3O2. The number of carbonyl (C=O) groups excluding carboxylic acids is 1. The number of hydrogen-bond donors (Lipinski definition) is 1. The van der Waals surface area contributed by atoms with E-state index in [0.29, 0.717) is 24.6 Å². The lowest BCUT2D eigenvalue weighted by Crippen LogP contribution is -2.64. The van der Waals surface area contributed by atoms with E-state index in [-0.39, 0.29) is 5.91 Å². The Kier molecular flexibility index (Phi) is 3.46. The van der Waals surface area contributed by atoms with Gasteiger partial charge in [-0.3, -0.25) is 9.36 Å². The molecular weight excluding hydrogens is 338 g/mol. The van der Waals surface area contributed by atoms with Crippen molar-refractivity contribution in [3.05, 3.63) is 59.4 Å². The normalized spacial score (nSPS) is 18.6. The predicted molar refractivity (Wildman–Crippen MR) is 104 cm³/mol. The molecule has 1 aliphatic carbocycles.